The molecule has 5 nitrogen and oxygen atoms in total. The van der Waals surface area contributed by atoms with Gasteiger partial charge in [-0.1, -0.05) is 11.8 Å². The number of nitrogens with two attached hydrogens (primary N) is 1. The van der Waals surface area contributed by atoms with Crippen LogP contribution < -0.4 is 10.5 Å². The van der Waals surface area contributed by atoms with E-state index in [1.165, 1.54) is 18.5 Å². The molecule has 0 saturated heterocycles. The van der Waals surface area contributed by atoms with Crippen molar-refractivity contribution < 1.29 is 8.42 Å². The lowest BCUT2D eigenvalue weighted by molar-refractivity contribution is 0.601. The summed E-state index contributed by atoms with van der Waals surface area (Å²) in [4.78, 5) is 3.94. The van der Waals surface area contributed by atoms with Gasteiger partial charge in [0, 0.05) is 18.0 Å². The summed E-state index contributed by atoms with van der Waals surface area (Å²) < 4.78 is 27.0. The lowest BCUT2D eigenvalue weighted by Gasteiger charge is -2.10. The first-order valence-electron chi connectivity index (χ1n) is 6.25. The number of benzene rings is 1. The highest BCUT2D eigenvalue weighted by Gasteiger charge is 2.15. The van der Waals surface area contributed by atoms with Crippen LogP contribution in [0.2, 0.25) is 0 Å². The standard InChI is InChI=1S/C15H15N3O2S/c1-12-10-13(4-2-8-16)6-7-15(12)18-21(19,20)14-5-3-9-17-11-14/h3,5-7,9-11,18H,8,16H2,1H3. The molecule has 21 heavy (non-hydrogen) atoms. The normalized spacial score (nSPS) is 10.6. The molecule has 0 spiro atoms. The van der Waals surface area contributed by atoms with Crippen LogP contribution in [0.1, 0.15) is 11.1 Å². The molecule has 2 rings (SSSR count). The summed E-state index contributed by atoms with van der Waals surface area (Å²) in [6.07, 6.45) is 2.83. The molecular formula is C15H15N3O2S. The number of aromatic nitrogens is 1. The summed E-state index contributed by atoms with van der Waals surface area (Å²) in [5, 5.41) is 0. The lowest BCUT2D eigenvalue weighted by atomic mass is 10.1. The van der Waals surface area contributed by atoms with Crippen LogP contribution in [0.15, 0.2) is 47.6 Å². The predicted octanol–water partition coefficient (Wildman–Crippen LogP) is 1.50. The smallest absolute Gasteiger partial charge is 0.263 e. The van der Waals surface area contributed by atoms with Crippen molar-refractivity contribution in [1.82, 2.24) is 4.98 Å². The van der Waals surface area contributed by atoms with E-state index in [1.807, 2.05) is 13.0 Å². The van der Waals surface area contributed by atoms with Gasteiger partial charge in [-0.2, -0.15) is 0 Å². The number of rotatable bonds is 3. The van der Waals surface area contributed by atoms with Crippen LogP contribution in [0.3, 0.4) is 0 Å². The number of hydrogen-bond acceptors (Lipinski definition) is 4. The zero-order valence-electron chi connectivity index (χ0n) is 11.5. The fraction of sp³-hybridized carbons (Fsp3) is 0.133. The molecule has 3 N–H and O–H groups in total. The third kappa shape index (κ3) is 3.81. The summed E-state index contributed by atoms with van der Waals surface area (Å²) in [5.41, 5.74) is 7.41. The van der Waals surface area contributed by atoms with Gasteiger partial charge >= 0.3 is 0 Å². The van der Waals surface area contributed by atoms with Crippen molar-refractivity contribution in [2.75, 3.05) is 11.3 Å². The molecule has 1 heterocycles. The first-order chi connectivity index (χ1) is 10.0. The Morgan fingerprint density at radius 3 is 2.76 bits per heavy atom. The van der Waals surface area contributed by atoms with E-state index in [2.05, 4.69) is 21.5 Å². The van der Waals surface area contributed by atoms with E-state index in [-0.39, 0.29) is 11.4 Å². The molecule has 0 aliphatic rings. The van der Waals surface area contributed by atoms with Gasteiger partial charge in [-0.25, -0.2) is 8.42 Å². The summed E-state index contributed by atoms with van der Waals surface area (Å²) in [5.74, 6) is 5.66. The van der Waals surface area contributed by atoms with Crippen LogP contribution in [0.5, 0.6) is 0 Å². The van der Waals surface area contributed by atoms with Crippen LogP contribution in [0.4, 0.5) is 5.69 Å². The molecule has 6 heteroatoms. The van der Waals surface area contributed by atoms with Gasteiger partial charge in [0.15, 0.2) is 0 Å². The molecule has 0 aliphatic carbocycles. The second kappa shape index (κ2) is 6.39. The number of hydrogen-bond donors (Lipinski definition) is 2. The first kappa shape index (κ1) is 15.0. The number of nitrogens with zero attached hydrogens (tertiary/aromatic N) is 1. The molecule has 0 bridgehead atoms. The lowest BCUT2D eigenvalue weighted by Crippen LogP contribution is -2.13. The van der Waals surface area contributed by atoms with E-state index in [0.29, 0.717) is 5.69 Å². The van der Waals surface area contributed by atoms with Crippen LogP contribution in [-0.2, 0) is 10.0 Å². The predicted molar refractivity (Wildman–Crippen MR) is 82.2 cm³/mol. The Morgan fingerprint density at radius 1 is 1.33 bits per heavy atom. The minimum absolute atomic E-state index is 0.122. The Hall–Kier alpha value is -2.36. The van der Waals surface area contributed by atoms with Crippen LogP contribution in [0.25, 0.3) is 0 Å². The fourth-order valence-corrected chi connectivity index (χ4v) is 2.81. The highest BCUT2D eigenvalue weighted by atomic mass is 32.2. The van der Waals surface area contributed by atoms with Crippen molar-refractivity contribution in [3.05, 3.63) is 53.9 Å². The van der Waals surface area contributed by atoms with Crippen molar-refractivity contribution in [3.63, 3.8) is 0 Å². The molecule has 0 amide bonds. The van der Waals surface area contributed by atoms with Gasteiger partial charge in [0.2, 0.25) is 0 Å². The Morgan fingerprint density at radius 2 is 2.14 bits per heavy atom. The third-order valence-corrected chi connectivity index (χ3v) is 4.10. The van der Waals surface area contributed by atoms with Gasteiger partial charge in [0.1, 0.15) is 4.90 Å². The minimum atomic E-state index is -3.63. The van der Waals surface area contributed by atoms with Crippen molar-refractivity contribution >= 4 is 15.7 Å². The summed E-state index contributed by atoms with van der Waals surface area (Å²) in [6, 6.07) is 8.31. The molecule has 1 aromatic carbocycles. The summed E-state index contributed by atoms with van der Waals surface area (Å²) >= 11 is 0. The van der Waals surface area contributed by atoms with E-state index in [9.17, 15) is 8.42 Å². The van der Waals surface area contributed by atoms with E-state index in [4.69, 9.17) is 5.73 Å². The quantitative estimate of drug-likeness (QED) is 0.841. The summed E-state index contributed by atoms with van der Waals surface area (Å²) in [7, 11) is -3.63. The molecule has 2 aromatic rings. The molecule has 0 aliphatic heterocycles. The van der Waals surface area contributed by atoms with Crippen LogP contribution >= 0.6 is 0 Å². The Bertz CT molecular complexity index is 791. The van der Waals surface area contributed by atoms with Crippen molar-refractivity contribution in [2.24, 2.45) is 5.73 Å². The van der Waals surface area contributed by atoms with Gasteiger partial charge in [-0.05, 0) is 42.8 Å². The second-order valence-electron chi connectivity index (χ2n) is 4.33. The molecule has 0 fully saturated rings. The highest BCUT2D eigenvalue weighted by molar-refractivity contribution is 7.92. The zero-order chi connectivity index (χ0) is 15.3. The number of nitrogens with one attached hydrogen (secondary N) is 1. The van der Waals surface area contributed by atoms with E-state index in [0.717, 1.165) is 11.1 Å². The Balaban J connectivity index is 2.28. The average molecular weight is 301 g/mol. The zero-order valence-corrected chi connectivity index (χ0v) is 12.3. The molecule has 0 radical (unpaired) electrons. The first-order valence-corrected chi connectivity index (χ1v) is 7.73. The van der Waals surface area contributed by atoms with Gasteiger partial charge in [-0.3, -0.25) is 9.71 Å². The molecule has 108 valence electrons. The molecule has 0 atom stereocenters. The SMILES string of the molecule is Cc1cc(C#CCN)ccc1NS(=O)(=O)c1cccnc1. The van der Waals surface area contributed by atoms with Gasteiger partial charge in [0.25, 0.3) is 10.0 Å². The number of pyridine rings is 1. The van der Waals surface area contributed by atoms with Crippen LogP contribution in [0, 0.1) is 18.8 Å². The molecule has 1 aromatic heterocycles. The maximum atomic E-state index is 12.2. The average Bonchev–Trinajstić information content (AvgIpc) is 2.48. The fourth-order valence-electron chi connectivity index (χ4n) is 1.72. The maximum absolute atomic E-state index is 12.2. The highest BCUT2D eigenvalue weighted by Crippen LogP contribution is 2.20. The second-order valence-corrected chi connectivity index (χ2v) is 6.01. The number of sulfonamides is 1. The van der Waals surface area contributed by atoms with Crippen molar-refractivity contribution in [2.45, 2.75) is 11.8 Å². The summed E-state index contributed by atoms with van der Waals surface area (Å²) in [6.45, 7) is 2.10. The maximum Gasteiger partial charge on any atom is 0.263 e. The van der Waals surface area contributed by atoms with Gasteiger partial charge in [-0.15, -0.1) is 0 Å². The van der Waals surface area contributed by atoms with E-state index in [1.54, 1.807) is 18.2 Å². The van der Waals surface area contributed by atoms with E-state index < -0.39 is 10.0 Å². The largest absolute Gasteiger partial charge is 0.320 e. The Labute approximate surface area is 124 Å². The van der Waals surface area contributed by atoms with Crippen molar-refractivity contribution in [3.8, 4) is 11.8 Å². The molecular weight excluding hydrogens is 286 g/mol. The molecule has 0 saturated carbocycles. The third-order valence-electron chi connectivity index (χ3n) is 2.75. The number of aryl methyl sites for hydroxylation is 1. The Kier molecular flexibility index (Phi) is 4.58. The van der Waals surface area contributed by atoms with Gasteiger partial charge < -0.3 is 5.73 Å². The van der Waals surface area contributed by atoms with Crippen molar-refractivity contribution in [1.29, 1.82) is 0 Å². The van der Waals surface area contributed by atoms with Crippen LogP contribution in [-0.4, -0.2) is 19.9 Å². The monoisotopic (exact) mass is 301 g/mol. The van der Waals surface area contributed by atoms with E-state index >= 15 is 0 Å². The minimum Gasteiger partial charge on any atom is -0.320 e. The number of anilines is 1. The molecule has 0 unspecified atom stereocenters. The topological polar surface area (TPSA) is 85.1 Å². The van der Waals surface area contributed by atoms with Gasteiger partial charge in [0.05, 0.1) is 12.2 Å².